The summed E-state index contributed by atoms with van der Waals surface area (Å²) in [4.78, 5) is 56.6. The minimum absolute atomic E-state index is 0.141. The average molecular weight is 969 g/mol. The molecule has 0 radical (unpaired) electrons. The molecule has 0 spiro atoms. The first kappa shape index (κ1) is 59.9. The Balaban J connectivity index is 1.54. The Hall–Kier alpha value is -3.36. The molecule has 4 atom stereocenters. The number of ether oxygens (including phenoxy) is 2. The first-order chi connectivity index (χ1) is 33.7. The van der Waals surface area contributed by atoms with Crippen LogP contribution in [0.2, 0.25) is 0 Å². The molecule has 14 nitrogen and oxygen atoms in total. The minimum atomic E-state index is -0.804. The van der Waals surface area contributed by atoms with Crippen molar-refractivity contribution < 1.29 is 19.1 Å². The fourth-order valence-corrected chi connectivity index (χ4v) is 9.73. The van der Waals surface area contributed by atoms with Gasteiger partial charge < -0.3 is 25.8 Å². The van der Waals surface area contributed by atoms with E-state index in [1.165, 1.54) is 191 Å². The van der Waals surface area contributed by atoms with Gasteiger partial charge in [-0.25, -0.2) is 9.48 Å². The standard InChI is InChI=1S/C55H100N8O6/c1-4-6-8-10-12-14-16-18-20-22-24-26-28-30-32-36-40-61(41-37-33-31-29-27-25-23-21-19-17-15-13-11-9-7-5-2)53(65)48-44-63(60-59-48)49-42-51(62-43-46(3)52(64)58-55(62)67)69-50(49)45-68-54(66)47(57)38-34-35-39-56/h43-44,47,49-51H,4-42,45,56-57H2,1-3H3,(H,58,64,67)/t47-,49-,50+,51+/m0/s1. The molecular weight excluding hydrogens is 869 g/mol. The second-order valence-electron chi connectivity index (χ2n) is 20.4. The molecule has 1 saturated heterocycles. The molecule has 0 aliphatic carbocycles. The van der Waals surface area contributed by atoms with Crippen molar-refractivity contribution in [2.75, 3.05) is 26.2 Å². The van der Waals surface area contributed by atoms with E-state index in [-0.39, 0.29) is 24.6 Å². The van der Waals surface area contributed by atoms with Crippen molar-refractivity contribution in [3.8, 4) is 0 Å². The van der Waals surface area contributed by atoms with Gasteiger partial charge in [0.25, 0.3) is 11.5 Å². The molecule has 396 valence electrons. The number of nitrogens with two attached hydrogens (primary N) is 2. The van der Waals surface area contributed by atoms with Crippen LogP contribution in [0.15, 0.2) is 22.0 Å². The van der Waals surface area contributed by atoms with Gasteiger partial charge >= 0.3 is 11.7 Å². The van der Waals surface area contributed by atoms with E-state index >= 15 is 0 Å². The number of H-pyrrole nitrogens is 1. The molecule has 2 aromatic heterocycles. The topological polar surface area (TPSA) is 193 Å². The van der Waals surface area contributed by atoms with Crippen LogP contribution in [0, 0.1) is 6.92 Å². The van der Waals surface area contributed by atoms with E-state index in [1.54, 1.807) is 17.8 Å². The predicted molar refractivity (Wildman–Crippen MR) is 280 cm³/mol. The number of hydrogen-bond donors (Lipinski definition) is 3. The van der Waals surface area contributed by atoms with Gasteiger partial charge in [0.1, 0.15) is 25.0 Å². The SMILES string of the molecule is CCCCCCCCCCCCCCCCCCN(CCCCCCCCCCCCCCCCCC)C(=O)c1cn([C@H]2C[C@H](n3cc(C)c(=O)[nH]c3=O)O[C@@H]2COC(=O)[C@@H](N)CCCCN)nn1. The van der Waals surface area contributed by atoms with Crippen LogP contribution in [0.25, 0.3) is 0 Å². The van der Waals surface area contributed by atoms with Crippen LogP contribution in [-0.4, -0.2) is 79.7 Å². The Morgan fingerprint density at radius 2 is 1.14 bits per heavy atom. The fourth-order valence-electron chi connectivity index (χ4n) is 9.73. The van der Waals surface area contributed by atoms with Crippen molar-refractivity contribution in [1.82, 2.24) is 29.4 Å². The Labute approximate surface area is 417 Å². The summed E-state index contributed by atoms with van der Waals surface area (Å²) in [6, 6.07) is -1.33. The number of hydrogen-bond acceptors (Lipinski definition) is 10. The normalized spacial score (nSPS) is 16.3. The van der Waals surface area contributed by atoms with E-state index in [0.29, 0.717) is 38.0 Å². The molecule has 3 heterocycles. The summed E-state index contributed by atoms with van der Waals surface area (Å²) in [5.41, 5.74) is 11.3. The number of aryl methyl sites for hydroxylation is 1. The number of unbranched alkanes of at least 4 members (excludes halogenated alkanes) is 31. The smallest absolute Gasteiger partial charge is 0.330 e. The minimum Gasteiger partial charge on any atom is -0.462 e. The number of amides is 1. The lowest BCUT2D eigenvalue weighted by Gasteiger charge is -2.22. The number of esters is 1. The van der Waals surface area contributed by atoms with Crippen molar-refractivity contribution in [2.45, 2.75) is 276 Å². The number of carbonyl (C=O) groups is 2. The van der Waals surface area contributed by atoms with Gasteiger partial charge in [-0.1, -0.05) is 218 Å². The summed E-state index contributed by atoms with van der Waals surface area (Å²) < 4.78 is 14.9. The van der Waals surface area contributed by atoms with Gasteiger partial charge in [0.2, 0.25) is 0 Å². The van der Waals surface area contributed by atoms with E-state index in [0.717, 1.165) is 32.1 Å². The third-order valence-corrected chi connectivity index (χ3v) is 14.2. The zero-order valence-corrected chi connectivity index (χ0v) is 44.1. The van der Waals surface area contributed by atoms with Crippen LogP contribution in [0.4, 0.5) is 0 Å². The Morgan fingerprint density at radius 3 is 1.59 bits per heavy atom. The van der Waals surface area contributed by atoms with E-state index in [1.807, 2.05) is 4.90 Å². The number of carbonyl (C=O) groups excluding carboxylic acids is 2. The molecule has 5 N–H and O–H groups in total. The Morgan fingerprint density at radius 1 is 0.696 bits per heavy atom. The van der Waals surface area contributed by atoms with E-state index < -0.39 is 41.6 Å². The van der Waals surface area contributed by atoms with E-state index in [2.05, 4.69) is 29.1 Å². The highest BCUT2D eigenvalue weighted by molar-refractivity contribution is 5.91. The maximum atomic E-state index is 14.2. The molecule has 0 bridgehead atoms. The van der Waals surface area contributed by atoms with Crippen molar-refractivity contribution in [3.05, 3.63) is 44.5 Å². The Bertz CT molecular complexity index is 1690. The summed E-state index contributed by atoms with van der Waals surface area (Å²) in [5.74, 6) is -0.694. The third-order valence-electron chi connectivity index (χ3n) is 14.2. The molecule has 1 amide bonds. The molecule has 0 unspecified atom stereocenters. The predicted octanol–water partition coefficient (Wildman–Crippen LogP) is 11.9. The largest absolute Gasteiger partial charge is 0.462 e. The van der Waals surface area contributed by atoms with Crippen LogP contribution in [0.3, 0.4) is 0 Å². The number of nitrogens with zero attached hydrogens (tertiary/aromatic N) is 5. The lowest BCUT2D eigenvalue weighted by Crippen LogP contribution is -2.36. The number of aromatic nitrogens is 5. The summed E-state index contributed by atoms with van der Waals surface area (Å²) in [5, 5.41) is 8.81. The molecule has 69 heavy (non-hydrogen) atoms. The van der Waals surface area contributed by atoms with Crippen LogP contribution in [0.5, 0.6) is 0 Å². The average Bonchev–Trinajstić information content (AvgIpc) is 4.01. The van der Waals surface area contributed by atoms with Crippen LogP contribution in [0.1, 0.15) is 273 Å². The van der Waals surface area contributed by atoms with Crippen LogP contribution >= 0.6 is 0 Å². The third kappa shape index (κ3) is 25.5. The van der Waals surface area contributed by atoms with Gasteiger partial charge in [-0.3, -0.25) is 23.9 Å². The Kier molecular flexibility index (Phi) is 33.3. The molecule has 2 aromatic rings. The van der Waals surface area contributed by atoms with Gasteiger partial charge in [0.15, 0.2) is 5.69 Å². The number of rotatable bonds is 44. The summed E-state index contributed by atoms with van der Waals surface area (Å²) in [6.07, 6.45) is 45.4. The fraction of sp³-hybridized carbons (Fsp3) is 0.855. The lowest BCUT2D eigenvalue weighted by atomic mass is 10.0. The van der Waals surface area contributed by atoms with Crippen LogP contribution in [-0.2, 0) is 14.3 Å². The number of aromatic amines is 1. The second-order valence-corrected chi connectivity index (χ2v) is 20.4. The maximum absolute atomic E-state index is 14.2. The molecule has 1 fully saturated rings. The highest BCUT2D eigenvalue weighted by Crippen LogP contribution is 2.36. The monoisotopic (exact) mass is 969 g/mol. The van der Waals surface area contributed by atoms with Gasteiger partial charge in [0.05, 0.1) is 12.2 Å². The van der Waals surface area contributed by atoms with Gasteiger partial charge in [-0.05, 0) is 39.2 Å². The van der Waals surface area contributed by atoms with Crippen molar-refractivity contribution in [3.63, 3.8) is 0 Å². The van der Waals surface area contributed by atoms with Crippen molar-refractivity contribution >= 4 is 11.9 Å². The zero-order valence-electron chi connectivity index (χ0n) is 44.1. The molecule has 1 aliphatic heterocycles. The van der Waals surface area contributed by atoms with Crippen molar-refractivity contribution in [2.24, 2.45) is 11.5 Å². The van der Waals surface area contributed by atoms with E-state index in [9.17, 15) is 19.2 Å². The molecule has 0 aromatic carbocycles. The quantitative estimate of drug-likeness (QED) is 0.0425. The second kappa shape index (κ2) is 38.3. The van der Waals surface area contributed by atoms with E-state index in [4.69, 9.17) is 20.9 Å². The van der Waals surface area contributed by atoms with Crippen molar-refractivity contribution in [1.29, 1.82) is 0 Å². The highest BCUT2D eigenvalue weighted by Gasteiger charge is 2.40. The highest BCUT2D eigenvalue weighted by atomic mass is 16.6. The van der Waals surface area contributed by atoms with Gasteiger partial charge in [0, 0.05) is 31.3 Å². The first-order valence-corrected chi connectivity index (χ1v) is 28.5. The summed E-state index contributed by atoms with van der Waals surface area (Å²) in [6.45, 7) is 7.90. The molecule has 3 rings (SSSR count). The lowest BCUT2D eigenvalue weighted by molar-refractivity contribution is -0.151. The molecule has 0 saturated carbocycles. The summed E-state index contributed by atoms with van der Waals surface area (Å²) >= 11 is 0. The molecular formula is C55H100N8O6. The van der Waals surface area contributed by atoms with Gasteiger partial charge in [-0.15, -0.1) is 5.10 Å². The molecule has 1 aliphatic rings. The first-order valence-electron chi connectivity index (χ1n) is 28.5. The maximum Gasteiger partial charge on any atom is 0.330 e. The van der Waals surface area contributed by atoms with Gasteiger partial charge in [-0.2, -0.15) is 0 Å². The number of nitrogens with one attached hydrogen (secondary N) is 1. The zero-order chi connectivity index (χ0) is 49.7. The van der Waals surface area contributed by atoms with Crippen LogP contribution < -0.4 is 22.7 Å². The summed E-state index contributed by atoms with van der Waals surface area (Å²) in [7, 11) is 0. The molecule has 14 heteroatoms.